The lowest BCUT2D eigenvalue weighted by molar-refractivity contribution is 1.04. The number of aromatic nitrogens is 3. The summed E-state index contributed by atoms with van der Waals surface area (Å²) in [6.07, 6.45) is 3.77. The minimum absolute atomic E-state index is 0.323. The molecular weight excluding hydrogens is 406 g/mol. The SMILES string of the molecule is CSc1ccc(/C=N/Nc2nc(Nc3ccccc3)nc(Nc3ccccc3)n2)cc1. The first kappa shape index (κ1) is 20.4. The van der Waals surface area contributed by atoms with Gasteiger partial charge < -0.3 is 10.6 Å². The maximum Gasteiger partial charge on any atom is 0.250 e. The van der Waals surface area contributed by atoms with Gasteiger partial charge in [-0.2, -0.15) is 20.1 Å². The fraction of sp³-hybridized carbons (Fsp3) is 0.0435. The number of thioether (sulfide) groups is 1. The summed E-state index contributed by atoms with van der Waals surface area (Å²) in [7, 11) is 0. The van der Waals surface area contributed by atoms with Gasteiger partial charge in [0.2, 0.25) is 17.8 Å². The molecule has 8 heteroatoms. The molecule has 31 heavy (non-hydrogen) atoms. The zero-order valence-electron chi connectivity index (χ0n) is 16.9. The van der Waals surface area contributed by atoms with Gasteiger partial charge in [-0.05, 0) is 48.2 Å². The van der Waals surface area contributed by atoms with E-state index in [4.69, 9.17) is 0 Å². The topological polar surface area (TPSA) is 87.1 Å². The molecule has 0 spiro atoms. The van der Waals surface area contributed by atoms with Crippen LogP contribution in [0.4, 0.5) is 29.2 Å². The first-order chi connectivity index (χ1) is 15.3. The van der Waals surface area contributed by atoms with Crippen LogP contribution in [0, 0.1) is 0 Å². The van der Waals surface area contributed by atoms with Gasteiger partial charge in [0.25, 0.3) is 0 Å². The van der Waals surface area contributed by atoms with E-state index in [1.807, 2.05) is 79.1 Å². The first-order valence-corrected chi connectivity index (χ1v) is 10.8. The third-order valence-electron chi connectivity index (χ3n) is 4.19. The van der Waals surface area contributed by atoms with Crippen LogP contribution in [0.2, 0.25) is 0 Å². The molecular formula is C23H21N7S. The van der Waals surface area contributed by atoms with Gasteiger partial charge in [0.1, 0.15) is 0 Å². The molecule has 0 bridgehead atoms. The van der Waals surface area contributed by atoms with Crippen molar-refractivity contribution in [1.82, 2.24) is 15.0 Å². The Morgan fingerprint density at radius 3 is 1.71 bits per heavy atom. The van der Waals surface area contributed by atoms with Crippen molar-refractivity contribution in [2.75, 3.05) is 22.3 Å². The van der Waals surface area contributed by atoms with Crippen LogP contribution in [0.15, 0.2) is 94.9 Å². The average Bonchev–Trinajstić information content (AvgIpc) is 2.81. The number of hydrogen-bond donors (Lipinski definition) is 3. The summed E-state index contributed by atoms with van der Waals surface area (Å²) in [5, 5.41) is 10.7. The summed E-state index contributed by atoms with van der Waals surface area (Å²) in [6, 6.07) is 27.6. The van der Waals surface area contributed by atoms with Gasteiger partial charge in [-0.25, -0.2) is 5.43 Å². The predicted molar refractivity (Wildman–Crippen MR) is 129 cm³/mol. The van der Waals surface area contributed by atoms with Gasteiger partial charge in [-0.3, -0.25) is 0 Å². The Morgan fingerprint density at radius 2 is 1.19 bits per heavy atom. The average molecular weight is 428 g/mol. The molecule has 0 aliphatic carbocycles. The van der Waals surface area contributed by atoms with Crippen LogP contribution in [0.1, 0.15) is 5.56 Å². The Hall–Kier alpha value is -3.91. The number of rotatable bonds is 8. The molecule has 0 saturated carbocycles. The molecule has 1 aromatic heterocycles. The van der Waals surface area contributed by atoms with E-state index in [-0.39, 0.29) is 0 Å². The van der Waals surface area contributed by atoms with Crippen molar-refractivity contribution in [2.24, 2.45) is 5.10 Å². The van der Waals surface area contributed by atoms with Crippen LogP contribution < -0.4 is 16.1 Å². The zero-order chi connectivity index (χ0) is 21.3. The Labute approximate surface area is 185 Å². The van der Waals surface area contributed by atoms with Crippen molar-refractivity contribution >= 4 is 47.2 Å². The Bertz CT molecular complexity index is 1070. The number of para-hydroxylation sites is 2. The van der Waals surface area contributed by atoms with E-state index in [1.54, 1.807) is 18.0 Å². The highest BCUT2D eigenvalue weighted by Gasteiger charge is 2.07. The van der Waals surface area contributed by atoms with Crippen molar-refractivity contribution in [3.63, 3.8) is 0 Å². The number of hydrazone groups is 1. The summed E-state index contributed by atoms with van der Waals surface area (Å²) < 4.78 is 0. The maximum atomic E-state index is 4.47. The highest BCUT2D eigenvalue weighted by Crippen LogP contribution is 2.18. The molecule has 3 N–H and O–H groups in total. The van der Waals surface area contributed by atoms with Crippen LogP contribution in [0.3, 0.4) is 0 Å². The third kappa shape index (κ3) is 6.03. The van der Waals surface area contributed by atoms with Crippen LogP contribution >= 0.6 is 11.8 Å². The Morgan fingerprint density at radius 1 is 0.677 bits per heavy atom. The molecule has 0 aliphatic heterocycles. The number of nitrogens with zero attached hydrogens (tertiary/aromatic N) is 4. The molecule has 154 valence electrons. The second-order valence-corrected chi connectivity index (χ2v) is 7.31. The van der Waals surface area contributed by atoms with E-state index >= 15 is 0 Å². The second kappa shape index (κ2) is 10.2. The molecule has 7 nitrogen and oxygen atoms in total. The van der Waals surface area contributed by atoms with Gasteiger partial charge in [0.05, 0.1) is 6.21 Å². The third-order valence-corrected chi connectivity index (χ3v) is 4.93. The Kier molecular flexibility index (Phi) is 6.71. The highest BCUT2D eigenvalue weighted by atomic mass is 32.2. The lowest BCUT2D eigenvalue weighted by Crippen LogP contribution is -2.07. The normalized spacial score (nSPS) is 10.7. The summed E-state index contributed by atoms with van der Waals surface area (Å²) in [4.78, 5) is 14.5. The lowest BCUT2D eigenvalue weighted by atomic mass is 10.2. The molecule has 0 amide bonds. The molecule has 0 unspecified atom stereocenters. The summed E-state index contributed by atoms with van der Waals surface area (Å²) in [5.74, 6) is 1.13. The van der Waals surface area contributed by atoms with Crippen molar-refractivity contribution in [2.45, 2.75) is 4.90 Å². The summed E-state index contributed by atoms with van der Waals surface area (Å²) in [5.41, 5.74) is 5.63. The minimum Gasteiger partial charge on any atom is -0.324 e. The van der Waals surface area contributed by atoms with Crippen LogP contribution in [0.5, 0.6) is 0 Å². The van der Waals surface area contributed by atoms with Crippen molar-refractivity contribution in [1.29, 1.82) is 0 Å². The number of benzene rings is 3. The number of anilines is 5. The van der Waals surface area contributed by atoms with Crippen LogP contribution in [-0.2, 0) is 0 Å². The van der Waals surface area contributed by atoms with Gasteiger partial charge in [0, 0.05) is 16.3 Å². The molecule has 3 aromatic carbocycles. The van der Waals surface area contributed by atoms with Crippen LogP contribution in [0.25, 0.3) is 0 Å². The van der Waals surface area contributed by atoms with Crippen molar-refractivity contribution in [3.05, 3.63) is 90.5 Å². The molecule has 4 aromatic rings. The van der Waals surface area contributed by atoms with E-state index in [9.17, 15) is 0 Å². The summed E-state index contributed by atoms with van der Waals surface area (Å²) >= 11 is 1.70. The highest BCUT2D eigenvalue weighted by molar-refractivity contribution is 7.98. The predicted octanol–water partition coefficient (Wildman–Crippen LogP) is 5.53. The molecule has 0 saturated heterocycles. The Balaban J connectivity index is 1.54. The molecule has 0 aliphatic rings. The van der Waals surface area contributed by atoms with Crippen molar-refractivity contribution in [3.8, 4) is 0 Å². The molecule has 1 heterocycles. The monoisotopic (exact) mass is 427 g/mol. The van der Waals surface area contributed by atoms with Crippen LogP contribution in [-0.4, -0.2) is 27.4 Å². The minimum atomic E-state index is 0.323. The first-order valence-electron chi connectivity index (χ1n) is 9.62. The smallest absolute Gasteiger partial charge is 0.250 e. The largest absolute Gasteiger partial charge is 0.324 e. The zero-order valence-corrected chi connectivity index (χ0v) is 17.7. The van der Waals surface area contributed by atoms with E-state index < -0.39 is 0 Å². The van der Waals surface area contributed by atoms with E-state index in [0.29, 0.717) is 17.8 Å². The molecule has 0 atom stereocenters. The van der Waals surface area contributed by atoms with Gasteiger partial charge in [-0.1, -0.05) is 48.5 Å². The van der Waals surface area contributed by atoms with E-state index in [1.165, 1.54) is 4.90 Å². The maximum absolute atomic E-state index is 4.47. The van der Waals surface area contributed by atoms with E-state index in [2.05, 4.69) is 48.2 Å². The second-order valence-electron chi connectivity index (χ2n) is 6.43. The standard InChI is InChI=1S/C23H21N7S/c1-31-20-14-12-17(13-15-20)16-24-30-23-28-21(25-18-8-4-2-5-9-18)27-22(29-23)26-19-10-6-3-7-11-19/h2-16H,1H3,(H3,25,26,27,28,29,30)/b24-16+. The lowest BCUT2D eigenvalue weighted by Gasteiger charge is -2.10. The van der Waals surface area contributed by atoms with Gasteiger partial charge in [0.15, 0.2) is 0 Å². The fourth-order valence-corrected chi connectivity index (χ4v) is 3.10. The molecule has 0 radical (unpaired) electrons. The fourth-order valence-electron chi connectivity index (χ4n) is 2.69. The van der Waals surface area contributed by atoms with E-state index in [0.717, 1.165) is 16.9 Å². The summed E-state index contributed by atoms with van der Waals surface area (Å²) in [6.45, 7) is 0. The van der Waals surface area contributed by atoms with Crippen molar-refractivity contribution < 1.29 is 0 Å². The number of nitrogens with one attached hydrogen (secondary N) is 3. The quantitative estimate of drug-likeness (QED) is 0.194. The molecule has 0 fully saturated rings. The van der Waals surface area contributed by atoms with Gasteiger partial charge in [-0.15, -0.1) is 11.8 Å². The van der Waals surface area contributed by atoms with Gasteiger partial charge >= 0.3 is 0 Å². The number of hydrogen-bond acceptors (Lipinski definition) is 8. The molecule has 4 rings (SSSR count).